The van der Waals surface area contributed by atoms with Crippen molar-refractivity contribution in [3.05, 3.63) is 28.2 Å². The van der Waals surface area contributed by atoms with Crippen molar-refractivity contribution in [2.24, 2.45) is 11.7 Å². The van der Waals surface area contributed by atoms with E-state index in [2.05, 4.69) is 41.9 Å². The molecule has 3 heteroatoms. The van der Waals surface area contributed by atoms with Crippen molar-refractivity contribution in [2.75, 3.05) is 6.61 Å². The lowest BCUT2D eigenvalue weighted by atomic mass is 9.98. The summed E-state index contributed by atoms with van der Waals surface area (Å²) in [6.45, 7) is 7.10. The van der Waals surface area contributed by atoms with Gasteiger partial charge in [0.25, 0.3) is 0 Å². The first-order valence-corrected chi connectivity index (χ1v) is 7.01. The summed E-state index contributed by atoms with van der Waals surface area (Å²) < 4.78 is 6.47. The first kappa shape index (κ1) is 14.5. The molecule has 0 heterocycles. The fourth-order valence-corrected chi connectivity index (χ4v) is 2.21. The van der Waals surface area contributed by atoms with Gasteiger partial charge in [0.15, 0.2) is 0 Å². The highest BCUT2D eigenvalue weighted by atomic mass is 79.9. The van der Waals surface area contributed by atoms with Crippen LogP contribution in [0.25, 0.3) is 0 Å². The number of hydrogen-bond donors (Lipinski definition) is 1. The smallest absolute Gasteiger partial charge is 0.133 e. The number of nitrogens with two attached hydrogens (primary N) is 1. The maximum Gasteiger partial charge on any atom is 0.133 e. The predicted octanol–water partition coefficient (Wildman–Crippen LogP) is 4.28. The molecule has 1 unspecified atom stereocenters. The van der Waals surface area contributed by atoms with Crippen LogP contribution in [0.2, 0.25) is 0 Å². The van der Waals surface area contributed by atoms with Gasteiger partial charge in [0, 0.05) is 6.04 Å². The Labute approximate surface area is 113 Å². The van der Waals surface area contributed by atoms with Crippen molar-refractivity contribution in [2.45, 2.75) is 39.7 Å². The molecule has 0 aliphatic carbocycles. The van der Waals surface area contributed by atoms with E-state index in [1.165, 1.54) is 5.56 Å². The van der Waals surface area contributed by atoms with Gasteiger partial charge in [0.2, 0.25) is 0 Å². The van der Waals surface area contributed by atoms with Crippen molar-refractivity contribution in [3.63, 3.8) is 0 Å². The minimum absolute atomic E-state index is 0.115. The van der Waals surface area contributed by atoms with Crippen LogP contribution in [-0.4, -0.2) is 6.61 Å². The van der Waals surface area contributed by atoms with E-state index < -0.39 is 0 Å². The molecule has 0 radical (unpaired) electrons. The standard InChI is InChI=1S/C14H22BrNO/c1-4-17-14-8-6-11(9-12(14)15)13(16)7-5-10(2)3/h6,8-10,13H,4-5,7,16H2,1-3H3. The molecular formula is C14H22BrNO. The summed E-state index contributed by atoms with van der Waals surface area (Å²) in [5, 5.41) is 0. The first-order chi connectivity index (χ1) is 8.04. The summed E-state index contributed by atoms with van der Waals surface area (Å²) in [5.74, 6) is 1.58. The Balaban J connectivity index is 2.68. The average molecular weight is 300 g/mol. The van der Waals surface area contributed by atoms with E-state index in [-0.39, 0.29) is 6.04 Å². The molecule has 1 aromatic rings. The zero-order valence-electron chi connectivity index (χ0n) is 10.9. The van der Waals surface area contributed by atoms with Crippen molar-refractivity contribution in [3.8, 4) is 5.75 Å². The van der Waals surface area contributed by atoms with E-state index in [1.807, 2.05) is 13.0 Å². The summed E-state index contributed by atoms with van der Waals surface area (Å²) in [5.41, 5.74) is 7.34. The van der Waals surface area contributed by atoms with E-state index in [4.69, 9.17) is 10.5 Å². The monoisotopic (exact) mass is 299 g/mol. The molecule has 0 saturated carbocycles. The number of ether oxygens (including phenoxy) is 1. The van der Waals surface area contributed by atoms with Gasteiger partial charge in [-0.3, -0.25) is 0 Å². The van der Waals surface area contributed by atoms with Crippen molar-refractivity contribution in [1.82, 2.24) is 0 Å². The lowest BCUT2D eigenvalue weighted by molar-refractivity contribution is 0.338. The Morgan fingerprint density at radius 1 is 1.29 bits per heavy atom. The fourth-order valence-electron chi connectivity index (χ4n) is 1.70. The molecule has 1 atom stereocenters. The molecule has 0 aromatic heterocycles. The van der Waals surface area contributed by atoms with Gasteiger partial charge in [-0.05, 0) is 59.3 Å². The van der Waals surface area contributed by atoms with Gasteiger partial charge in [-0.15, -0.1) is 0 Å². The Morgan fingerprint density at radius 3 is 2.53 bits per heavy atom. The number of hydrogen-bond acceptors (Lipinski definition) is 2. The quantitative estimate of drug-likeness (QED) is 0.851. The molecule has 0 amide bonds. The minimum atomic E-state index is 0.115. The molecule has 1 aromatic carbocycles. The van der Waals surface area contributed by atoms with Crippen LogP contribution >= 0.6 is 15.9 Å². The largest absolute Gasteiger partial charge is 0.493 e. The molecular weight excluding hydrogens is 278 g/mol. The lowest BCUT2D eigenvalue weighted by Crippen LogP contribution is -2.11. The second kappa shape index (κ2) is 7.02. The third-order valence-electron chi connectivity index (χ3n) is 2.74. The molecule has 0 aliphatic rings. The van der Waals surface area contributed by atoms with E-state index in [0.717, 1.165) is 23.1 Å². The maximum atomic E-state index is 6.17. The number of benzene rings is 1. The zero-order valence-corrected chi connectivity index (χ0v) is 12.5. The van der Waals surface area contributed by atoms with Gasteiger partial charge in [0.05, 0.1) is 11.1 Å². The van der Waals surface area contributed by atoms with Gasteiger partial charge in [-0.25, -0.2) is 0 Å². The second-order valence-corrected chi connectivity index (χ2v) is 5.55. The third-order valence-corrected chi connectivity index (χ3v) is 3.36. The average Bonchev–Trinajstić information content (AvgIpc) is 2.28. The van der Waals surface area contributed by atoms with Crippen molar-refractivity contribution in [1.29, 1.82) is 0 Å². The molecule has 1 rings (SSSR count). The topological polar surface area (TPSA) is 35.2 Å². The molecule has 2 nitrogen and oxygen atoms in total. The summed E-state index contributed by atoms with van der Waals surface area (Å²) in [4.78, 5) is 0. The molecule has 0 fully saturated rings. The van der Waals surface area contributed by atoms with Gasteiger partial charge in [0.1, 0.15) is 5.75 Å². The fraction of sp³-hybridized carbons (Fsp3) is 0.571. The minimum Gasteiger partial charge on any atom is -0.493 e. The Hall–Kier alpha value is -0.540. The van der Waals surface area contributed by atoms with Crippen molar-refractivity contribution < 1.29 is 4.74 Å². The van der Waals surface area contributed by atoms with Gasteiger partial charge >= 0.3 is 0 Å². The van der Waals surface area contributed by atoms with Gasteiger partial charge in [-0.1, -0.05) is 19.9 Å². The molecule has 2 N–H and O–H groups in total. The molecule has 96 valence electrons. The Kier molecular flexibility index (Phi) is 6.00. The Morgan fingerprint density at radius 2 is 2.00 bits per heavy atom. The highest BCUT2D eigenvalue weighted by molar-refractivity contribution is 9.10. The summed E-state index contributed by atoms with van der Waals surface area (Å²) in [6.07, 6.45) is 2.18. The zero-order chi connectivity index (χ0) is 12.8. The SMILES string of the molecule is CCOc1ccc(C(N)CCC(C)C)cc1Br. The van der Waals surface area contributed by atoms with Crippen LogP contribution in [0.3, 0.4) is 0 Å². The van der Waals surface area contributed by atoms with E-state index in [0.29, 0.717) is 12.5 Å². The third kappa shape index (κ3) is 4.68. The van der Waals surface area contributed by atoms with Crippen molar-refractivity contribution >= 4 is 15.9 Å². The van der Waals surface area contributed by atoms with Crippen LogP contribution in [0.15, 0.2) is 22.7 Å². The van der Waals surface area contributed by atoms with Crippen LogP contribution in [0.4, 0.5) is 0 Å². The van der Waals surface area contributed by atoms with Crippen LogP contribution in [0, 0.1) is 5.92 Å². The summed E-state index contributed by atoms with van der Waals surface area (Å²) in [6, 6.07) is 6.22. The van der Waals surface area contributed by atoms with Gasteiger partial charge in [-0.2, -0.15) is 0 Å². The molecule has 0 spiro atoms. The van der Waals surface area contributed by atoms with Crippen LogP contribution in [-0.2, 0) is 0 Å². The van der Waals surface area contributed by atoms with Gasteiger partial charge < -0.3 is 10.5 Å². The van der Waals surface area contributed by atoms with E-state index in [1.54, 1.807) is 0 Å². The van der Waals surface area contributed by atoms with E-state index in [9.17, 15) is 0 Å². The summed E-state index contributed by atoms with van der Waals surface area (Å²) >= 11 is 3.52. The van der Waals surface area contributed by atoms with Crippen LogP contribution < -0.4 is 10.5 Å². The normalized spacial score (nSPS) is 12.8. The summed E-state index contributed by atoms with van der Waals surface area (Å²) in [7, 11) is 0. The molecule has 0 saturated heterocycles. The molecule has 17 heavy (non-hydrogen) atoms. The maximum absolute atomic E-state index is 6.17. The second-order valence-electron chi connectivity index (χ2n) is 4.70. The Bertz CT molecular complexity index is 352. The highest BCUT2D eigenvalue weighted by Gasteiger charge is 2.09. The lowest BCUT2D eigenvalue weighted by Gasteiger charge is -2.15. The van der Waals surface area contributed by atoms with Crippen LogP contribution in [0.1, 0.15) is 45.2 Å². The molecule has 0 bridgehead atoms. The van der Waals surface area contributed by atoms with Crippen LogP contribution in [0.5, 0.6) is 5.75 Å². The highest BCUT2D eigenvalue weighted by Crippen LogP contribution is 2.29. The predicted molar refractivity (Wildman–Crippen MR) is 76.3 cm³/mol. The molecule has 0 aliphatic heterocycles. The van der Waals surface area contributed by atoms with E-state index >= 15 is 0 Å². The number of rotatable bonds is 6. The first-order valence-electron chi connectivity index (χ1n) is 6.22. The number of halogens is 1.